The lowest BCUT2D eigenvalue weighted by molar-refractivity contribution is -0.130. The smallest absolute Gasteiger partial charge is 0.242 e. The number of likely N-dealkylation sites (N-methyl/N-ethyl adjacent to an activating group) is 2. The SMILES string of the molecule is CCN(CC1CCOC1)C(=O)CN(CC)c1ccccc1. The third kappa shape index (κ3) is 4.46. The largest absolute Gasteiger partial charge is 0.381 e. The molecule has 1 unspecified atom stereocenters. The summed E-state index contributed by atoms with van der Waals surface area (Å²) < 4.78 is 5.41. The predicted octanol–water partition coefficient (Wildman–Crippen LogP) is 2.40. The molecule has 1 aliphatic rings. The molecule has 4 nitrogen and oxygen atoms in total. The molecule has 1 atom stereocenters. The van der Waals surface area contributed by atoms with E-state index in [0.717, 1.165) is 45.0 Å². The number of rotatable bonds is 7. The second kappa shape index (κ2) is 8.03. The van der Waals surface area contributed by atoms with Crippen LogP contribution in [-0.4, -0.2) is 50.2 Å². The van der Waals surface area contributed by atoms with Gasteiger partial charge in [0, 0.05) is 37.8 Å². The van der Waals surface area contributed by atoms with Crippen molar-refractivity contribution in [3.63, 3.8) is 0 Å². The molecule has 1 heterocycles. The maximum Gasteiger partial charge on any atom is 0.242 e. The van der Waals surface area contributed by atoms with Gasteiger partial charge >= 0.3 is 0 Å². The van der Waals surface area contributed by atoms with E-state index in [1.165, 1.54) is 0 Å². The third-order valence-corrected chi connectivity index (χ3v) is 4.07. The van der Waals surface area contributed by atoms with Crippen LogP contribution in [0.4, 0.5) is 5.69 Å². The van der Waals surface area contributed by atoms with Crippen molar-refractivity contribution in [1.82, 2.24) is 4.90 Å². The number of anilines is 1. The molecule has 0 spiro atoms. The topological polar surface area (TPSA) is 32.8 Å². The fraction of sp³-hybridized carbons (Fsp3) is 0.588. The van der Waals surface area contributed by atoms with Gasteiger partial charge in [-0.25, -0.2) is 0 Å². The Morgan fingerprint density at radius 1 is 1.24 bits per heavy atom. The Bertz CT molecular complexity index is 430. The Hall–Kier alpha value is -1.55. The number of benzene rings is 1. The number of carbonyl (C=O) groups is 1. The molecule has 4 heteroatoms. The predicted molar refractivity (Wildman–Crippen MR) is 85.5 cm³/mol. The van der Waals surface area contributed by atoms with E-state index in [4.69, 9.17) is 4.74 Å². The van der Waals surface area contributed by atoms with E-state index in [2.05, 4.69) is 24.0 Å². The summed E-state index contributed by atoms with van der Waals surface area (Å²) in [6.45, 7) is 8.63. The Kier molecular flexibility index (Phi) is 6.05. The third-order valence-electron chi connectivity index (χ3n) is 4.07. The van der Waals surface area contributed by atoms with E-state index in [1.54, 1.807) is 0 Å². The summed E-state index contributed by atoms with van der Waals surface area (Å²) in [6.07, 6.45) is 1.07. The van der Waals surface area contributed by atoms with Gasteiger partial charge in [-0.3, -0.25) is 4.79 Å². The lowest BCUT2D eigenvalue weighted by Gasteiger charge is -2.28. The first-order valence-electron chi connectivity index (χ1n) is 7.90. The first kappa shape index (κ1) is 15.8. The van der Waals surface area contributed by atoms with Crippen molar-refractivity contribution in [1.29, 1.82) is 0 Å². The molecular weight excluding hydrogens is 264 g/mol. The first-order chi connectivity index (χ1) is 10.2. The summed E-state index contributed by atoms with van der Waals surface area (Å²) >= 11 is 0. The number of nitrogens with zero attached hydrogens (tertiary/aromatic N) is 2. The quantitative estimate of drug-likeness (QED) is 0.773. The summed E-state index contributed by atoms with van der Waals surface area (Å²) in [5.74, 6) is 0.704. The van der Waals surface area contributed by atoms with Gasteiger partial charge in [0.05, 0.1) is 13.2 Å². The Balaban J connectivity index is 1.93. The van der Waals surface area contributed by atoms with Crippen LogP contribution < -0.4 is 4.90 Å². The lowest BCUT2D eigenvalue weighted by Crippen LogP contribution is -2.42. The molecular formula is C17H26N2O2. The highest BCUT2D eigenvalue weighted by Crippen LogP contribution is 2.16. The van der Waals surface area contributed by atoms with Crippen molar-refractivity contribution < 1.29 is 9.53 Å². The van der Waals surface area contributed by atoms with Gasteiger partial charge in [-0.2, -0.15) is 0 Å². The first-order valence-corrected chi connectivity index (χ1v) is 7.90. The van der Waals surface area contributed by atoms with Gasteiger partial charge in [0.25, 0.3) is 0 Å². The van der Waals surface area contributed by atoms with Crippen LogP contribution in [0.25, 0.3) is 0 Å². The van der Waals surface area contributed by atoms with Crippen molar-refractivity contribution >= 4 is 11.6 Å². The zero-order valence-electron chi connectivity index (χ0n) is 13.1. The fourth-order valence-corrected chi connectivity index (χ4v) is 2.73. The summed E-state index contributed by atoms with van der Waals surface area (Å²) in [5, 5.41) is 0. The second-order valence-electron chi connectivity index (χ2n) is 5.51. The highest BCUT2D eigenvalue weighted by Gasteiger charge is 2.22. The fourth-order valence-electron chi connectivity index (χ4n) is 2.73. The van der Waals surface area contributed by atoms with Gasteiger partial charge in [-0.05, 0) is 32.4 Å². The van der Waals surface area contributed by atoms with E-state index in [1.807, 2.05) is 30.0 Å². The molecule has 2 rings (SSSR count). The standard InChI is InChI=1S/C17H26N2O2/c1-3-18(16-8-6-5-7-9-16)13-17(20)19(4-2)12-15-10-11-21-14-15/h5-9,15H,3-4,10-14H2,1-2H3. The van der Waals surface area contributed by atoms with Gasteiger partial charge in [-0.1, -0.05) is 18.2 Å². The molecule has 0 aliphatic carbocycles. The molecule has 0 saturated carbocycles. The molecule has 0 N–H and O–H groups in total. The number of hydrogen-bond acceptors (Lipinski definition) is 3. The number of para-hydroxylation sites is 1. The maximum atomic E-state index is 12.5. The van der Waals surface area contributed by atoms with Crippen LogP contribution in [0.1, 0.15) is 20.3 Å². The summed E-state index contributed by atoms with van der Waals surface area (Å²) in [4.78, 5) is 16.6. The van der Waals surface area contributed by atoms with Crippen molar-refractivity contribution in [2.45, 2.75) is 20.3 Å². The van der Waals surface area contributed by atoms with E-state index in [9.17, 15) is 4.79 Å². The zero-order chi connectivity index (χ0) is 15.1. The van der Waals surface area contributed by atoms with Crippen molar-refractivity contribution in [3.05, 3.63) is 30.3 Å². The minimum Gasteiger partial charge on any atom is -0.381 e. The van der Waals surface area contributed by atoms with Crippen LogP contribution in [0.15, 0.2) is 30.3 Å². The Labute approximate surface area is 127 Å². The van der Waals surface area contributed by atoms with Gasteiger partial charge in [0.15, 0.2) is 0 Å². The molecule has 0 bridgehead atoms. The summed E-state index contributed by atoms with van der Waals surface area (Å²) in [7, 11) is 0. The van der Waals surface area contributed by atoms with E-state index >= 15 is 0 Å². The minimum absolute atomic E-state index is 0.204. The molecule has 0 aromatic heterocycles. The van der Waals surface area contributed by atoms with Crippen LogP contribution in [0.5, 0.6) is 0 Å². The molecule has 1 fully saturated rings. The van der Waals surface area contributed by atoms with E-state index < -0.39 is 0 Å². The summed E-state index contributed by atoms with van der Waals surface area (Å²) in [5.41, 5.74) is 1.11. The van der Waals surface area contributed by atoms with Crippen molar-refractivity contribution in [2.75, 3.05) is 44.3 Å². The van der Waals surface area contributed by atoms with Crippen molar-refractivity contribution in [3.8, 4) is 0 Å². The van der Waals surface area contributed by atoms with Crippen LogP contribution >= 0.6 is 0 Å². The molecule has 1 saturated heterocycles. The normalized spacial score (nSPS) is 17.7. The number of carbonyl (C=O) groups excluding carboxylic acids is 1. The zero-order valence-corrected chi connectivity index (χ0v) is 13.1. The molecule has 1 aromatic rings. The molecule has 0 radical (unpaired) electrons. The average molecular weight is 290 g/mol. The average Bonchev–Trinajstić information content (AvgIpc) is 3.04. The Morgan fingerprint density at radius 3 is 2.57 bits per heavy atom. The van der Waals surface area contributed by atoms with Crippen LogP contribution in [-0.2, 0) is 9.53 Å². The highest BCUT2D eigenvalue weighted by atomic mass is 16.5. The minimum atomic E-state index is 0.204. The number of hydrogen-bond donors (Lipinski definition) is 0. The lowest BCUT2D eigenvalue weighted by atomic mass is 10.1. The highest BCUT2D eigenvalue weighted by molar-refractivity contribution is 5.81. The van der Waals surface area contributed by atoms with E-state index in [0.29, 0.717) is 12.5 Å². The van der Waals surface area contributed by atoms with Gasteiger partial charge < -0.3 is 14.5 Å². The number of amides is 1. The van der Waals surface area contributed by atoms with Gasteiger partial charge in [0.1, 0.15) is 0 Å². The van der Waals surface area contributed by atoms with E-state index in [-0.39, 0.29) is 5.91 Å². The second-order valence-corrected chi connectivity index (χ2v) is 5.51. The van der Waals surface area contributed by atoms with Crippen LogP contribution in [0, 0.1) is 5.92 Å². The van der Waals surface area contributed by atoms with Crippen LogP contribution in [0.2, 0.25) is 0 Å². The number of ether oxygens (including phenoxy) is 1. The van der Waals surface area contributed by atoms with Crippen LogP contribution in [0.3, 0.4) is 0 Å². The molecule has 1 amide bonds. The van der Waals surface area contributed by atoms with Crippen molar-refractivity contribution in [2.24, 2.45) is 5.92 Å². The monoisotopic (exact) mass is 290 g/mol. The summed E-state index contributed by atoms with van der Waals surface area (Å²) in [6, 6.07) is 10.1. The Morgan fingerprint density at radius 2 is 2.00 bits per heavy atom. The maximum absolute atomic E-state index is 12.5. The molecule has 116 valence electrons. The van der Waals surface area contributed by atoms with Gasteiger partial charge in [0.2, 0.25) is 5.91 Å². The molecule has 21 heavy (non-hydrogen) atoms. The molecule has 1 aliphatic heterocycles. The molecule has 1 aromatic carbocycles. The van der Waals surface area contributed by atoms with Gasteiger partial charge in [-0.15, -0.1) is 0 Å².